The van der Waals surface area contributed by atoms with Gasteiger partial charge in [-0.1, -0.05) is 58.0 Å². The maximum atomic E-state index is 13.0. The Bertz CT molecular complexity index is 850. The summed E-state index contributed by atoms with van der Waals surface area (Å²) < 4.78 is 5.24. The number of alkyl carbamates (subject to hydrolysis) is 1. The fourth-order valence-corrected chi connectivity index (χ4v) is 3.90. The van der Waals surface area contributed by atoms with E-state index in [2.05, 4.69) is 16.0 Å². The van der Waals surface area contributed by atoms with Crippen molar-refractivity contribution in [1.29, 1.82) is 0 Å². The second-order valence-electron chi connectivity index (χ2n) is 9.61. The van der Waals surface area contributed by atoms with Gasteiger partial charge >= 0.3 is 6.09 Å². The first-order valence-corrected chi connectivity index (χ1v) is 11.9. The molecule has 0 radical (unpaired) electrons. The molecule has 1 aliphatic heterocycles. The van der Waals surface area contributed by atoms with Crippen LogP contribution >= 0.6 is 12.4 Å². The molecule has 1 heterocycles. The van der Waals surface area contributed by atoms with Crippen LogP contribution in [0.15, 0.2) is 30.3 Å². The number of amides is 3. The first kappa shape index (κ1) is 30.4. The molecule has 2 rings (SSSR count). The quantitative estimate of drug-likeness (QED) is 0.420. The minimum atomic E-state index is -0.855. The zero-order chi connectivity index (χ0) is 25.3. The van der Waals surface area contributed by atoms with Gasteiger partial charge in [-0.15, -0.1) is 12.4 Å². The Hall–Kier alpha value is -2.65. The first-order chi connectivity index (χ1) is 16.1. The van der Waals surface area contributed by atoms with Crippen LogP contribution in [0.5, 0.6) is 0 Å². The molecule has 3 atom stereocenters. The molecular weight excluding hydrogens is 472 g/mol. The van der Waals surface area contributed by atoms with Crippen molar-refractivity contribution in [3.05, 3.63) is 35.9 Å². The monoisotopic (exact) mass is 510 g/mol. The lowest BCUT2D eigenvalue weighted by Crippen LogP contribution is -2.52. The fraction of sp³-hybridized carbons (Fsp3) is 0.600. The van der Waals surface area contributed by atoms with E-state index in [0.29, 0.717) is 18.8 Å². The summed E-state index contributed by atoms with van der Waals surface area (Å²) in [6.45, 7) is 8.10. The highest BCUT2D eigenvalue weighted by atomic mass is 35.5. The predicted molar refractivity (Wildman–Crippen MR) is 136 cm³/mol. The summed E-state index contributed by atoms with van der Waals surface area (Å²) in [4.78, 5) is 52.1. The van der Waals surface area contributed by atoms with Crippen LogP contribution in [-0.4, -0.2) is 66.9 Å². The SMILES string of the molecule is CN[C@@H](CC(C)C)C(=O)N1CC(=O)[C@@H](NC(=O)[C@H](CC(C)C)NC(=O)OCc2ccccc2)C1.Cl. The molecule has 3 amide bonds. The smallest absolute Gasteiger partial charge is 0.408 e. The lowest BCUT2D eigenvalue weighted by molar-refractivity contribution is -0.134. The van der Waals surface area contributed by atoms with Crippen LogP contribution < -0.4 is 16.0 Å². The number of likely N-dealkylation sites (tertiary alicyclic amines) is 1. The van der Waals surface area contributed by atoms with Gasteiger partial charge < -0.3 is 25.6 Å². The Morgan fingerprint density at radius 1 is 1.03 bits per heavy atom. The molecule has 1 fully saturated rings. The number of likely N-dealkylation sites (N-methyl/N-ethyl adjacent to an activating group) is 1. The van der Waals surface area contributed by atoms with Crippen molar-refractivity contribution in [2.75, 3.05) is 20.1 Å². The summed E-state index contributed by atoms with van der Waals surface area (Å²) in [6.07, 6.45) is 0.332. The third-order valence-electron chi connectivity index (χ3n) is 5.65. The molecule has 3 N–H and O–H groups in total. The molecule has 0 aromatic heterocycles. The summed E-state index contributed by atoms with van der Waals surface area (Å²) in [5.74, 6) is -0.404. The zero-order valence-electron chi connectivity index (χ0n) is 21.2. The molecule has 0 unspecified atom stereocenters. The third kappa shape index (κ3) is 9.85. The zero-order valence-corrected chi connectivity index (χ0v) is 22.0. The van der Waals surface area contributed by atoms with E-state index in [4.69, 9.17) is 4.74 Å². The van der Waals surface area contributed by atoms with Gasteiger partial charge in [0.15, 0.2) is 5.78 Å². The van der Waals surface area contributed by atoms with Crippen LogP contribution in [-0.2, 0) is 25.7 Å². The van der Waals surface area contributed by atoms with Gasteiger partial charge in [-0.05, 0) is 37.3 Å². The van der Waals surface area contributed by atoms with E-state index >= 15 is 0 Å². The van der Waals surface area contributed by atoms with Gasteiger partial charge in [0, 0.05) is 6.54 Å². The van der Waals surface area contributed by atoms with Crippen molar-refractivity contribution < 1.29 is 23.9 Å². The Morgan fingerprint density at radius 2 is 1.63 bits per heavy atom. The number of nitrogens with zero attached hydrogens (tertiary/aromatic N) is 1. The van der Waals surface area contributed by atoms with E-state index < -0.39 is 24.1 Å². The van der Waals surface area contributed by atoms with Crippen molar-refractivity contribution in [2.45, 2.75) is 65.3 Å². The van der Waals surface area contributed by atoms with E-state index in [9.17, 15) is 19.2 Å². The number of nitrogens with one attached hydrogen (secondary N) is 3. The summed E-state index contributed by atoms with van der Waals surface area (Å²) in [7, 11) is 1.72. The number of Topliss-reactive ketones (excluding diaryl/α,β-unsaturated/α-hetero) is 1. The second kappa shape index (κ2) is 14.7. The molecule has 1 aromatic carbocycles. The molecule has 196 valence electrons. The number of carbonyl (C=O) groups is 4. The number of ether oxygens (including phenoxy) is 1. The molecular formula is C25H39ClN4O5. The van der Waals surface area contributed by atoms with Gasteiger partial charge in [-0.25, -0.2) is 4.79 Å². The number of hydrogen-bond acceptors (Lipinski definition) is 6. The van der Waals surface area contributed by atoms with Crippen LogP contribution in [0.3, 0.4) is 0 Å². The Kier molecular flexibility index (Phi) is 12.7. The lowest BCUT2D eigenvalue weighted by atomic mass is 10.0. The largest absolute Gasteiger partial charge is 0.445 e. The molecule has 0 aliphatic carbocycles. The van der Waals surface area contributed by atoms with Crippen LogP contribution in [0.25, 0.3) is 0 Å². The molecule has 35 heavy (non-hydrogen) atoms. The van der Waals surface area contributed by atoms with E-state index in [1.807, 2.05) is 58.0 Å². The van der Waals surface area contributed by atoms with E-state index in [0.717, 1.165) is 5.56 Å². The van der Waals surface area contributed by atoms with Gasteiger partial charge in [0.25, 0.3) is 0 Å². The van der Waals surface area contributed by atoms with Gasteiger partial charge in [-0.3, -0.25) is 14.4 Å². The van der Waals surface area contributed by atoms with E-state index in [-0.39, 0.29) is 55.8 Å². The summed E-state index contributed by atoms with van der Waals surface area (Å²) in [5.41, 5.74) is 0.834. The highest BCUT2D eigenvalue weighted by molar-refractivity contribution is 5.98. The van der Waals surface area contributed by atoms with Gasteiger partial charge in [0.05, 0.1) is 12.6 Å². The van der Waals surface area contributed by atoms with Gasteiger partial charge in [0.1, 0.15) is 18.7 Å². The first-order valence-electron chi connectivity index (χ1n) is 11.9. The van der Waals surface area contributed by atoms with Crippen LogP contribution in [0.2, 0.25) is 0 Å². The number of halogens is 1. The van der Waals surface area contributed by atoms with Crippen molar-refractivity contribution in [3.8, 4) is 0 Å². The summed E-state index contributed by atoms with van der Waals surface area (Å²) >= 11 is 0. The maximum Gasteiger partial charge on any atom is 0.408 e. The normalized spacial score (nSPS) is 17.1. The molecule has 0 bridgehead atoms. The summed E-state index contributed by atoms with van der Waals surface area (Å²) in [5, 5.41) is 8.35. The van der Waals surface area contributed by atoms with Crippen molar-refractivity contribution in [1.82, 2.24) is 20.9 Å². The van der Waals surface area contributed by atoms with Gasteiger partial charge in [-0.2, -0.15) is 0 Å². The highest BCUT2D eigenvalue weighted by Gasteiger charge is 2.38. The van der Waals surface area contributed by atoms with Crippen molar-refractivity contribution >= 4 is 36.1 Å². The fourth-order valence-electron chi connectivity index (χ4n) is 3.90. The Balaban J connectivity index is 0.00000612. The van der Waals surface area contributed by atoms with E-state index in [1.165, 1.54) is 4.90 Å². The number of hydrogen-bond donors (Lipinski definition) is 3. The topological polar surface area (TPSA) is 117 Å². The molecule has 1 aromatic rings. The standard InChI is InChI=1S/C25H38N4O5.ClH/c1-16(2)11-19(28-25(33)34-15-18-9-7-6-8-10-18)23(31)27-21-13-29(14-22(21)30)24(32)20(26-5)12-17(3)4;/h6-10,16-17,19-21,26H,11-15H2,1-5H3,(H,27,31)(H,28,33);1H/t19-,20-,21-;/m0./s1. The number of benzene rings is 1. The molecule has 1 saturated heterocycles. The van der Waals surface area contributed by atoms with Crippen LogP contribution in [0.1, 0.15) is 46.1 Å². The lowest BCUT2D eigenvalue weighted by Gasteiger charge is -2.24. The second-order valence-corrected chi connectivity index (χ2v) is 9.61. The summed E-state index contributed by atoms with van der Waals surface area (Å²) in [6, 6.07) is 7.21. The maximum absolute atomic E-state index is 13.0. The van der Waals surface area contributed by atoms with Crippen LogP contribution in [0.4, 0.5) is 4.79 Å². The average molecular weight is 511 g/mol. The van der Waals surface area contributed by atoms with Crippen LogP contribution in [0, 0.1) is 11.8 Å². The minimum Gasteiger partial charge on any atom is -0.445 e. The Labute approximate surface area is 214 Å². The molecule has 1 aliphatic rings. The minimum absolute atomic E-state index is 0. The molecule has 0 saturated carbocycles. The van der Waals surface area contributed by atoms with Gasteiger partial charge in [0.2, 0.25) is 11.8 Å². The molecule has 10 heteroatoms. The van der Waals surface area contributed by atoms with Crippen molar-refractivity contribution in [2.24, 2.45) is 11.8 Å². The van der Waals surface area contributed by atoms with E-state index in [1.54, 1.807) is 7.05 Å². The van der Waals surface area contributed by atoms with Crippen molar-refractivity contribution in [3.63, 3.8) is 0 Å². The predicted octanol–water partition coefficient (Wildman–Crippen LogP) is 2.28. The average Bonchev–Trinajstić information content (AvgIpc) is 3.15. The molecule has 9 nitrogen and oxygen atoms in total. The highest BCUT2D eigenvalue weighted by Crippen LogP contribution is 2.14. The Morgan fingerprint density at radius 3 is 2.20 bits per heavy atom. The number of ketones is 1. The number of carbonyl (C=O) groups excluding carboxylic acids is 4. The molecule has 0 spiro atoms. The third-order valence-corrected chi connectivity index (χ3v) is 5.65. The number of rotatable bonds is 11.